The average Bonchev–Trinajstić information content (AvgIpc) is 2.70. The Hall–Kier alpha value is -3.19. The van der Waals surface area contributed by atoms with Crippen LogP contribution in [0.4, 0.5) is 0 Å². The molecule has 1 aliphatic rings. The lowest BCUT2D eigenvalue weighted by Crippen LogP contribution is -2.45. The Morgan fingerprint density at radius 3 is 1.78 bits per heavy atom. The molecule has 1 heterocycles. The number of amides is 1. The Morgan fingerprint density at radius 2 is 1.26 bits per heavy atom. The molecule has 27 heavy (non-hydrogen) atoms. The van der Waals surface area contributed by atoms with Crippen molar-refractivity contribution in [1.82, 2.24) is 10.4 Å². The number of benzene rings is 2. The van der Waals surface area contributed by atoms with Gasteiger partial charge in [-0.25, -0.2) is 14.6 Å². The molecule has 0 aromatic heterocycles. The zero-order chi connectivity index (χ0) is 19.6. The third-order valence-corrected chi connectivity index (χ3v) is 4.05. The maximum atomic E-state index is 12.2. The van der Waals surface area contributed by atoms with Crippen molar-refractivity contribution in [2.24, 2.45) is 0 Å². The molecule has 0 unspecified atom stereocenters. The number of hydrogen-bond donors (Lipinski definition) is 3. The van der Waals surface area contributed by atoms with E-state index in [9.17, 15) is 4.79 Å². The molecule has 3 N–H and O–H groups in total. The third-order valence-electron chi connectivity index (χ3n) is 4.05. The predicted octanol–water partition coefficient (Wildman–Crippen LogP) is 2.64. The van der Waals surface area contributed by atoms with Crippen LogP contribution in [0.25, 0.3) is 11.1 Å². The fourth-order valence-corrected chi connectivity index (χ4v) is 2.66. The number of piperidine rings is 1. The first-order valence-electron chi connectivity index (χ1n) is 8.65. The lowest BCUT2D eigenvalue weighted by Gasteiger charge is -2.26. The number of carboxylic acid groups (broad SMARTS) is 2. The van der Waals surface area contributed by atoms with Crippen LogP contribution in [-0.2, 0) is 9.59 Å². The van der Waals surface area contributed by atoms with Crippen LogP contribution in [0.15, 0.2) is 54.6 Å². The summed E-state index contributed by atoms with van der Waals surface area (Å²) >= 11 is 0. The number of carbonyl (C=O) groups excluding carboxylic acids is 1. The molecule has 0 atom stereocenters. The Labute approximate surface area is 157 Å². The number of aliphatic carboxylic acids is 2. The molecule has 142 valence electrons. The number of hydrogen-bond acceptors (Lipinski definition) is 4. The van der Waals surface area contributed by atoms with Gasteiger partial charge in [0.2, 0.25) is 0 Å². The maximum Gasteiger partial charge on any atom is 0.414 e. The molecule has 7 heteroatoms. The van der Waals surface area contributed by atoms with E-state index in [1.807, 2.05) is 47.5 Å². The van der Waals surface area contributed by atoms with Crippen molar-refractivity contribution >= 4 is 17.8 Å². The molecule has 1 aliphatic heterocycles. The Morgan fingerprint density at radius 1 is 0.741 bits per heavy atom. The van der Waals surface area contributed by atoms with Gasteiger partial charge < -0.3 is 10.2 Å². The van der Waals surface area contributed by atoms with Gasteiger partial charge >= 0.3 is 11.9 Å². The van der Waals surface area contributed by atoms with Crippen LogP contribution >= 0.6 is 0 Å². The van der Waals surface area contributed by atoms with Crippen molar-refractivity contribution in [3.05, 3.63) is 60.2 Å². The van der Waals surface area contributed by atoms with E-state index in [4.69, 9.17) is 19.8 Å². The smallest absolute Gasteiger partial charge is 0.414 e. The molecule has 2 aromatic carbocycles. The summed E-state index contributed by atoms with van der Waals surface area (Å²) < 4.78 is 0. The van der Waals surface area contributed by atoms with Crippen molar-refractivity contribution < 1.29 is 24.6 Å². The molecular formula is C20H22N2O5. The highest BCUT2D eigenvalue weighted by Crippen LogP contribution is 2.19. The van der Waals surface area contributed by atoms with Crippen molar-refractivity contribution in [2.45, 2.75) is 19.3 Å². The standard InChI is InChI=1S/C18H20N2O.C2H2O4/c21-18(19-20-13-5-2-6-14-20)17-11-9-16(10-12-17)15-7-3-1-4-8-15;3-1(4)2(5)6/h1,3-4,7-12H,2,5-6,13-14H2,(H,19,21);(H,3,4)(H,5,6). The second-order valence-corrected chi connectivity index (χ2v) is 6.04. The Bertz CT molecular complexity index is 757. The van der Waals surface area contributed by atoms with Crippen molar-refractivity contribution in [3.8, 4) is 11.1 Å². The molecule has 0 spiro atoms. The van der Waals surface area contributed by atoms with Crippen LogP contribution in [0.2, 0.25) is 0 Å². The summed E-state index contributed by atoms with van der Waals surface area (Å²) in [7, 11) is 0. The minimum Gasteiger partial charge on any atom is -0.473 e. The van der Waals surface area contributed by atoms with E-state index in [0.29, 0.717) is 5.56 Å². The molecule has 0 bridgehead atoms. The molecule has 0 saturated carbocycles. The Balaban J connectivity index is 0.000000380. The van der Waals surface area contributed by atoms with Gasteiger partial charge in [-0.2, -0.15) is 0 Å². The van der Waals surface area contributed by atoms with E-state index < -0.39 is 11.9 Å². The van der Waals surface area contributed by atoms with E-state index in [-0.39, 0.29) is 5.91 Å². The summed E-state index contributed by atoms with van der Waals surface area (Å²) in [5, 5.41) is 16.8. The van der Waals surface area contributed by atoms with E-state index in [1.54, 1.807) is 0 Å². The zero-order valence-corrected chi connectivity index (χ0v) is 14.8. The summed E-state index contributed by atoms with van der Waals surface area (Å²) in [5.74, 6) is -3.67. The van der Waals surface area contributed by atoms with Crippen molar-refractivity contribution in [3.63, 3.8) is 0 Å². The highest BCUT2D eigenvalue weighted by atomic mass is 16.4. The van der Waals surface area contributed by atoms with Gasteiger partial charge in [0, 0.05) is 18.7 Å². The second kappa shape index (κ2) is 10.1. The molecule has 7 nitrogen and oxygen atoms in total. The maximum absolute atomic E-state index is 12.2. The van der Waals surface area contributed by atoms with Gasteiger partial charge in [0.1, 0.15) is 0 Å². The monoisotopic (exact) mass is 370 g/mol. The number of rotatable bonds is 3. The minimum atomic E-state index is -1.82. The van der Waals surface area contributed by atoms with Gasteiger partial charge in [0.05, 0.1) is 0 Å². The molecule has 1 saturated heterocycles. The van der Waals surface area contributed by atoms with Gasteiger partial charge in [0.15, 0.2) is 0 Å². The third kappa shape index (κ3) is 6.56. The highest BCUT2D eigenvalue weighted by Gasteiger charge is 2.13. The lowest BCUT2D eigenvalue weighted by molar-refractivity contribution is -0.159. The minimum absolute atomic E-state index is 0.0171. The van der Waals surface area contributed by atoms with Gasteiger partial charge in [0.25, 0.3) is 5.91 Å². The summed E-state index contributed by atoms with van der Waals surface area (Å²) in [5.41, 5.74) is 5.99. The SMILES string of the molecule is O=C(NN1CCCCC1)c1ccc(-c2ccccc2)cc1.O=C(O)C(=O)O. The number of carboxylic acids is 2. The quantitative estimate of drug-likeness (QED) is 0.717. The normalized spacial score (nSPS) is 13.8. The van der Waals surface area contributed by atoms with E-state index in [1.165, 1.54) is 12.0 Å². The molecule has 0 radical (unpaired) electrons. The van der Waals surface area contributed by atoms with Gasteiger partial charge in [-0.05, 0) is 36.1 Å². The van der Waals surface area contributed by atoms with Gasteiger partial charge in [-0.15, -0.1) is 0 Å². The first kappa shape index (κ1) is 20.1. The fraction of sp³-hybridized carbons (Fsp3) is 0.250. The molecule has 2 aromatic rings. The number of carbonyl (C=O) groups is 3. The largest absolute Gasteiger partial charge is 0.473 e. The van der Waals surface area contributed by atoms with Crippen LogP contribution in [-0.4, -0.2) is 46.2 Å². The van der Waals surface area contributed by atoms with Gasteiger partial charge in [-0.3, -0.25) is 10.2 Å². The lowest BCUT2D eigenvalue weighted by atomic mass is 10.0. The number of hydrazine groups is 1. The zero-order valence-electron chi connectivity index (χ0n) is 14.8. The first-order valence-corrected chi connectivity index (χ1v) is 8.65. The highest BCUT2D eigenvalue weighted by molar-refractivity contribution is 6.27. The summed E-state index contributed by atoms with van der Waals surface area (Å²) in [6.07, 6.45) is 3.58. The van der Waals surface area contributed by atoms with Gasteiger partial charge in [-0.1, -0.05) is 48.9 Å². The van der Waals surface area contributed by atoms with E-state index >= 15 is 0 Å². The molecule has 0 aliphatic carbocycles. The molecule has 1 amide bonds. The molecule has 1 fully saturated rings. The predicted molar refractivity (Wildman–Crippen MR) is 100 cm³/mol. The summed E-state index contributed by atoms with van der Waals surface area (Å²) in [6, 6.07) is 18.0. The fourth-order valence-electron chi connectivity index (χ4n) is 2.66. The number of nitrogens with one attached hydrogen (secondary N) is 1. The topological polar surface area (TPSA) is 107 Å². The van der Waals surface area contributed by atoms with Crippen molar-refractivity contribution in [2.75, 3.05) is 13.1 Å². The van der Waals surface area contributed by atoms with Crippen LogP contribution < -0.4 is 5.43 Å². The van der Waals surface area contributed by atoms with Crippen LogP contribution in [0.1, 0.15) is 29.6 Å². The van der Waals surface area contributed by atoms with Crippen LogP contribution in [0.3, 0.4) is 0 Å². The summed E-state index contributed by atoms with van der Waals surface area (Å²) in [4.78, 5) is 30.4. The first-order chi connectivity index (χ1) is 13.0. The molecule has 3 rings (SSSR count). The molecular weight excluding hydrogens is 348 g/mol. The van der Waals surface area contributed by atoms with E-state index in [0.717, 1.165) is 31.5 Å². The number of nitrogens with zero attached hydrogens (tertiary/aromatic N) is 1. The van der Waals surface area contributed by atoms with Crippen LogP contribution in [0.5, 0.6) is 0 Å². The van der Waals surface area contributed by atoms with Crippen molar-refractivity contribution in [1.29, 1.82) is 0 Å². The van der Waals surface area contributed by atoms with Crippen LogP contribution in [0, 0.1) is 0 Å². The Kier molecular flexibility index (Phi) is 7.51. The second-order valence-electron chi connectivity index (χ2n) is 6.04. The average molecular weight is 370 g/mol. The summed E-state index contributed by atoms with van der Waals surface area (Å²) in [6.45, 7) is 1.90. The van der Waals surface area contributed by atoms with E-state index in [2.05, 4.69) is 17.6 Å².